The fourth-order valence-corrected chi connectivity index (χ4v) is 4.10. The van der Waals surface area contributed by atoms with Crippen molar-refractivity contribution in [1.82, 2.24) is 15.5 Å². The standard InChI is InChI=1S/C14H24N4O2S2/c1-11-7-12(22-13(11)8-17(3)4)10-21-6-5-16-14(15-2)9-18(19)20/h7,9,15-16H,5-6,8,10H2,1-4H3. The smallest absolute Gasteiger partial charge is 0.274 e. The van der Waals surface area contributed by atoms with E-state index in [-0.39, 0.29) is 0 Å². The molecule has 1 heterocycles. The van der Waals surface area contributed by atoms with Crippen molar-refractivity contribution in [3.05, 3.63) is 43.5 Å². The second-order valence-corrected chi connectivity index (χ2v) is 7.44. The van der Waals surface area contributed by atoms with Crippen molar-refractivity contribution in [2.24, 2.45) is 0 Å². The lowest BCUT2D eigenvalue weighted by molar-refractivity contribution is -0.404. The van der Waals surface area contributed by atoms with Crippen LogP contribution in [0.5, 0.6) is 0 Å². The molecule has 124 valence electrons. The van der Waals surface area contributed by atoms with Crippen molar-refractivity contribution in [1.29, 1.82) is 0 Å². The molecule has 8 heteroatoms. The van der Waals surface area contributed by atoms with E-state index in [4.69, 9.17) is 0 Å². The highest BCUT2D eigenvalue weighted by atomic mass is 32.2. The fraction of sp³-hybridized carbons (Fsp3) is 0.571. The minimum absolute atomic E-state index is 0.436. The maximum Gasteiger partial charge on any atom is 0.274 e. The summed E-state index contributed by atoms with van der Waals surface area (Å²) >= 11 is 3.70. The molecule has 1 rings (SSSR count). The van der Waals surface area contributed by atoms with E-state index in [1.807, 2.05) is 23.1 Å². The number of thiophene rings is 1. The Morgan fingerprint density at radius 1 is 1.55 bits per heavy atom. The van der Waals surface area contributed by atoms with Gasteiger partial charge in [-0.3, -0.25) is 10.1 Å². The number of hydrogen-bond donors (Lipinski definition) is 2. The predicted molar refractivity (Wildman–Crippen MR) is 94.7 cm³/mol. The maximum atomic E-state index is 10.4. The van der Waals surface area contributed by atoms with Crippen molar-refractivity contribution < 1.29 is 4.92 Å². The third kappa shape index (κ3) is 7.15. The maximum absolute atomic E-state index is 10.4. The average Bonchev–Trinajstić information content (AvgIpc) is 2.76. The van der Waals surface area contributed by atoms with Crippen molar-refractivity contribution in [3.8, 4) is 0 Å². The van der Waals surface area contributed by atoms with Gasteiger partial charge in [0.1, 0.15) is 0 Å². The second kappa shape index (κ2) is 9.70. The third-order valence-corrected chi connectivity index (χ3v) is 5.25. The molecule has 0 spiro atoms. The zero-order chi connectivity index (χ0) is 16.5. The van der Waals surface area contributed by atoms with Crippen LogP contribution < -0.4 is 10.6 Å². The number of aryl methyl sites for hydroxylation is 1. The van der Waals surface area contributed by atoms with Crippen molar-refractivity contribution in [2.75, 3.05) is 33.4 Å². The lowest BCUT2D eigenvalue weighted by atomic mass is 10.2. The number of nitro groups is 1. The Morgan fingerprint density at radius 2 is 2.27 bits per heavy atom. The Kier molecular flexibility index (Phi) is 8.29. The monoisotopic (exact) mass is 344 g/mol. The molecule has 0 saturated heterocycles. The third-order valence-electron chi connectivity index (χ3n) is 2.84. The summed E-state index contributed by atoms with van der Waals surface area (Å²) in [6, 6.07) is 2.26. The summed E-state index contributed by atoms with van der Waals surface area (Å²) in [5.41, 5.74) is 1.36. The van der Waals surface area contributed by atoms with Crippen LogP contribution in [0.4, 0.5) is 0 Å². The van der Waals surface area contributed by atoms with E-state index in [9.17, 15) is 10.1 Å². The van der Waals surface area contributed by atoms with Crippen LogP contribution in [-0.4, -0.2) is 43.3 Å². The molecule has 0 radical (unpaired) electrons. The largest absolute Gasteiger partial charge is 0.370 e. The molecule has 1 aromatic heterocycles. The zero-order valence-corrected chi connectivity index (χ0v) is 15.1. The highest BCUT2D eigenvalue weighted by Gasteiger charge is 2.07. The van der Waals surface area contributed by atoms with Gasteiger partial charge in [0.2, 0.25) is 0 Å². The lowest BCUT2D eigenvalue weighted by Gasteiger charge is -2.08. The van der Waals surface area contributed by atoms with Gasteiger partial charge in [-0.05, 0) is 32.6 Å². The minimum atomic E-state index is -0.466. The number of thioether (sulfide) groups is 1. The molecule has 0 saturated carbocycles. The Labute approximate surface area is 140 Å². The summed E-state index contributed by atoms with van der Waals surface area (Å²) in [5.74, 6) is 2.32. The molecular weight excluding hydrogens is 320 g/mol. The fourth-order valence-electron chi connectivity index (χ4n) is 1.84. The number of nitrogens with zero attached hydrogens (tertiary/aromatic N) is 2. The molecule has 0 amide bonds. The van der Waals surface area contributed by atoms with Gasteiger partial charge in [0.05, 0.1) is 4.92 Å². The lowest BCUT2D eigenvalue weighted by Crippen LogP contribution is -2.26. The molecule has 0 aliphatic carbocycles. The van der Waals surface area contributed by atoms with Crippen LogP contribution in [0.15, 0.2) is 18.1 Å². The average molecular weight is 345 g/mol. The zero-order valence-electron chi connectivity index (χ0n) is 13.5. The molecule has 2 N–H and O–H groups in total. The first-order valence-electron chi connectivity index (χ1n) is 7.00. The normalized spacial score (nSPS) is 11.8. The Bertz CT molecular complexity index is 515. The first-order valence-corrected chi connectivity index (χ1v) is 8.97. The first-order chi connectivity index (χ1) is 10.4. The van der Waals surface area contributed by atoms with E-state index < -0.39 is 4.92 Å². The molecule has 0 atom stereocenters. The van der Waals surface area contributed by atoms with Crippen LogP contribution in [0.25, 0.3) is 0 Å². The van der Waals surface area contributed by atoms with E-state index in [1.54, 1.807) is 7.05 Å². The van der Waals surface area contributed by atoms with Crippen LogP contribution in [0.1, 0.15) is 15.3 Å². The molecule has 22 heavy (non-hydrogen) atoms. The van der Waals surface area contributed by atoms with Crippen LogP contribution in [0.3, 0.4) is 0 Å². The summed E-state index contributed by atoms with van der Waals surface area (Å²) in [5, 5.41) is 16.2. The first kappa shape index (κ1) is 18.8. The van der Waals surface area contributed by atoms with Gasteiger partial charge in [0, 0.05) is 41.4 Å². The Hall–Kier alpha value is -1.25. The number of hydrogen-bond acceptors (Lipinski definition) is 7. The number of rotatable bonds is 10. The SMILES string of the molecule is CNC(=C[N+](=O)[O-])NCCSCc1cc(C)c(CN(C)C)s1. The molecule has 0 unspecified atom stereocenters. The quantitative estimate of drug-likeness (QED) is 0.385. The van der Waals surface area contributed by atoms with Gasteiger partial charge in [0.15, 0.2) is 5.82 Å². The van der Waals surface area contributed by atoms with Gasteiger partial charge in [-0.25, -0.2) is 0 Å². The molecule has 0 bridgehead atoms. The van der Waals surface area contributed by atoms with Gasteiger partial charge in [-0.15, -0.1) is 11.3 Å². The Balaban J connectivity index is 2.31. The van der Waals surface area contributed by atoms with Crippen molar-refractivity contribution in [3.63, 3.8) is 0 Å². The Morgan fingerprint density at radius 3 is 2.86 bits per heavy atom. The highest BCUT2D eigenvalue weighted by Crippen LogP contribution is 2.26. The molecule has 0 aromatic carbocycles. The molecular formula is C14H24N4O2S2. The van der Waals surface area contributed by atoms with Crippen LogP contribution in [0.2, 0.25) is 0 Å². The number of nitrogens with one attached hydrogen (secondary N) is 2. The predicted octanol–water partition coefficient (Wildman–Crippen LogP) is 2.24. The van der Waals surface area contributed by atoms with E-state index in [1.165, 1.54) is 15.3 Å². The summed E-state index contributed by atoms with van der Waals surface area (Å²) in [4.78, 5) is 14.9. The van der Waals surface area contributed by atoms with Gasteiger partial charge in [0.25, 0.3) is 6.20 Å². The van der Waals surface area contributed by atoms with E-state index >= 15 is 0 Å². The van der Waals surface area contributed by atoms with Crippen LogP contribution in [0, 0.1) is 17.0 Å². The van der Waals surface area contributed by atoms with Crippen molar-refractivity contribution in [2.45, 2.75) is 19.2 Å². The van der Waals surface area contributed by atoms with Gasteiger partial charge in [-0.1, -0.05) is 0 Å². The van der Waals surface area contributed by atoms with E-state index in [2.05, 4.69) is 42.6 Å². The summed E-state index contributed by atoms with van der Waals surface area (Å²) in [6.45, 7) is 3.84. The molecule has 0 fully saturated rings. The summed E-state index contributed by atoms with van der Waals surface area (Å²) in [6.07, 6.45) is 0.945. The van der Waals surface area contributed by atoms with Crippen LogP contribution >= 0.6 is 23.1 Å². The van der Waals surface area contributed by atoms with Crippen LogP contribution in [-0.2, 0) is 12.3 Å². The van der Waals surface area contributed by atoms with E-state index in [0.717, 1.165) is 24.3 Å². The van der Waals surface area contributed by atoms with Crippen molar-refractivity contribution >= 4 is 23.1 Å². The molecule has 6 nitrogen and oxygen atoms in total. The minimum Gasteiger partial charge on any atom is -0.370 e. The summed E-state index contributed by atoms with van der Waals surface area (Å²) in [7, 11) is 5.82. The van der Waals surface area contributed by atoms with Gasteiger partial charge in [-0.2, -0.15) is 11.8 Å². The molecule has 0 aliphatic rings. The van der Waals surface area contributed by atoms with Gasteiger partial charge < -0.3 is 15.5 Å². The topological polar surface area (TPSA) is 70.4 Å². The molecule has 1 aromatic rings. The van der Waals surface area contributed by atoms with Gasteiger partial charge >= 0.3 is 0 Å². The summed E-state index contributed by atoms with van der Waals surface area (Å²) < 4.78 is 0. The molecule has 0 aliphatic heterocycles. The second-order valence-electron chi connectivity index (χ2n) is 5.11. The highest BCUT2D eigenvalue weighted by molar-refractivity contribution is 7.98. The van der Waals surface area contributed by atoms with E-state index in [0.29, 0.717) is 12.4 Å².